The van der Waals surface area contributed by atoms with Gasteiger partial charge in [-0.3, -0.25) is 4.90 Å². The molecule has 8 heteroatoms. The molecule has 166 valence electrons. The first-order valence-electron chi connectivity index (χ1n) is 10.8. The van der Waals surface area contributed by atoms with Gasteiger partial charge in [0.15, 0.2) is 0 Å². The van der Waals surface area contributed by atoms with Crippen LogP contribution in [0.1, 0.15) is 37.7 Å². The minimum Gasteiger partial charge on any atom is -0.465 e. The highest BCUT2D eigenvalue weighted by atomic mass is 19.4. The number of hydrogen-bond donors (Lipinski definition) is 1. The summed E-state index contributed by atoms with van der Waals surface area (Å²) < 4.78 is 39.6. The Hall–Kier alpha value is -1.80. The van der Waals surface area contributed by atoms with E-state index in [1.54, 1.807) is 4.90 Å². The molecular weight excluding hydrogens is 395 g/mol. The molecule has 3 aliphatic rings. The molecule has 2 saturated heterocycles. The highest BCUT2D eigenvalue weighted by Gasteiger charge is 2.51. The second-order valence-electron chi connectivity index (χ2n) is 9.29. The fourth-order valence-corrected chi connectivity index (χ4v) is 5.61. The molecule has 1 saturated carbocycles. The number of likely N-dealkylation sites (tertiary alicyclic amines) is 2. The lowest BCUT2D eigenvalue weighted by atomic mass is 9.64. The van der Waals surface area contributed by atoms with E-state index in [1.807, 2.05) is 30.3 Å². The summed E-state index contributed by atoms with van der Waals surface area (Å²) in [5.74, 6) is 0. The van der Waals surface area contributed by atoms with Crippen molar-refractivity contribution in [2.45, 2.75) is 56.9 Å². The van der Waals surface area contributed by atoms with E-state index in [0.29, 0.717) is 25.7 Å². The van der Waals surface area contributed by atoms with Crippen LogP contribution in [-0.2, 0) is 6.54 Å². The third-order valence-corrected chi connectivity index (χ3v) is 7.19. The van der Waals surface area contributed by atoms with Gasteiger partial charge in [-0.2, -0.15) is 13.2 Å². The Balaban J connectivity index is 1.30. The third kappa shape index (κ3) is 4.91. The zero-order chi connectivity index (χ0) is 21.4. The molecule has 2 heterocycles. The molecule has 1 N–H and O–H groups in total. The number of benzene rings is 1. The molecule has 0 radical (unpaired) electrons. The van der Waals surface area contributed by atoms with Crippen LogP contribution in [0.2, 0.25) is 0 Å². The van der Waals surface area contributed by atoms with E-state index in [1.165, 1.54) is 4.90 Å². The van der Waals surface area contributed by atoms with Crippen LogP contribution < -0.4 is 0 Å². The monoisotopic (exact) mass is 425 g/mol. The van der Waals surface area contributed by atoms with Crippen molar-refractivity contribution in [3.8, 4) is 0 Å². The van der Waals surface area contributed by atoms with E-state index in [-0.39, 0.29) is 11.5 Å². The van der Waals surface area contributed by atoms with E-state index < -0.39 is 18.8 Å². The number of nitrogens with zero attached hydrogens (tertiary/aromatic N) is 3. The summed E-state index contributed by atoms with van der Waals surface area (Å²) in [6, 6.07) is 9.76. The zero-order valence-electron chi connectivity index (χ0n) is 17.2. The second-order valence-corrected chi connectivity index (χ2v) is 9.29. The van der Waals surface area contributed by atoms with Crippen molar-refractivity contribution in [1.29, 1.82) is 0 Å². The van der Waals surface area contributed by atoms with E-state index >= 15 is 0 Å². The molecule has 30 heavy (non-hydrogen) atoms. The summed E-state index contributed by atoms with van der Waals surface area (Å²) in [4.78, 5) is 16.7. The van der Waals surface area contributed by atoms with E-state index in [4.69, 9.17) is 0 Å². The van der Waals surface area contributed by atoms with Gasteiger partial charge in [0.25, 0.3) is 0 Å². The minimum atomic E-state index is -4.20. The van der Waals surface area contributed by atoms with Gasteiger partial charge < -0.3 is 14.9 Å². The van der Waals surface area contributed by atoms with Crippen LogP contribution in [0.15, 0.2) is 30.3 Å². The predicted molar refractivity (Wildman–Crippen MR) is 107 cm³/mol. The fraction of sp³-hybridized carbons (Fsp3) is 0.682. The fourth-order valence-electron chi connectivity index (χ4n) is 5.61. The Morgan fingerprint density at radius 2 is 1.80 bits per heavy atom. The lowest BCUT2D eigenvalue weighted by Crippen LogP contribution is -2.56. The smallest absolute Gasteiger partial charge is 0.407 e. The van der Waals surface area contributed by atoms with Crippen LogP contribution in [0.5, 0.6) is 0 Å². The van der Waals surface area contributed by atoms with Gasteiger partial charge in [-0.15, -0.1) is 0 Å². The highest BCUT2D eigenvalue weighted by molar-refractivity contribution is 5.65. The van der Waals surface area contributed by atoms with Crippen molar-refractivity contribution in [2.24, 2.45) is 5.41 Å². The molecule has 3 fully saturated rings. The lowest BCUT2D eigenvalue weighted by Gasteiger charge is -2.52. The van der Waals surface area contributed by atoms with E-state index in [2.05, 4.69) is 4.90 Å². The van der Waals surface area contributed by atoms with E-state index in [0.717, 1.165) is 50.8 Å². The summed E-state index contributed by atoms with van der Waals surface area (Å²) in [6.07, 6.45) is -0.594. The predicted octanol–water partition coefficient (Wildman–Crippen LogP) is 4.05. The summed E-state index contributed by atoms with van der Waals surface area (Å²) in [5.41, 5.74) is 1.05. The number of halogens is 3. The van der Waals surface area contributed by atoms with Crippen LogP contribution in [0.3, 0.4) is 0 Å². The first kappa shape index (κ1) is 21.4. The summed E-state index contributed by atoms with van der Waals surface area (Å²) in [5, 5.41) is 9.18. The van der Waals surface area contributed by atoms with Crippen LogP contribution in [0.25, 0.3) is 0 Å². The van der Waals surface area contributed by atoms with Crippen molar-refractivity contribution in [1.82, 2.24) is 14.7 Å². The van der Waals surface area contributed by atoms with Gasteiger partial charge >= 0.3 is 12.3 Å². The molecule has 1 aromatic rings. The lowest BCUT2D eigenvalue weighted by molar-refractivity contribution is -0.155. The highest BCUT2D eigenvalue weighted by Crippen LogP contribution is 2.50. The Morgan fingerprint density at radius 1 is 1.13 bits per heavy atom. The van der Waals surface area contributed by atoms with Gasteiger partial charge in [-0.05, 0) is 56.2 Å². The Labute approximate surface area is 175 Å². The topological polar surface area (TPSA) is 47.0 Å². The van der Waals surface area contributed by atoms with Crippen LogP contribution >= 0.6 is 0 Å². The number of amides is 1. The first-order valence-corrected chi connectivity index (χ1v) is 10.8. The molecule has 1 amide bonds. The number of carboxylic acid groups (broad SMARTS) is 1. The molecule has 1 aromatic carbocycles. The van der Waals surface area contributed by atoms with Gasteiger partial charge in [0.1, 0.15) is 0 Å². The standard InChI is InChI=1S/C22H30F3N3O2/c23-22(24,25)16-28(14-17-4-2-1-3-5-17)18-6-9-26(10-7-18)19-12-21(13-19)8-11-27(15-21)20(29)30/h1-5,18-19H,6-16H2,(H,29,30). The SMILES string of the molecule is O=C(O)N1CCC2(CC(N3CCC(N(Cc4ccccc4)CC(F)(F)F)CC3)C2)C1. The average Bonchev–Trinajstić information content (AvgIpc) is 3.13. The van der Waals surface area contributed by atoms with Crippen molar-refractivity contribution in [3.05, 3.63) is 35.9 Å². The Morgan fingerprint density at radius 3 is 2.37 bits per heavy atom. The number of hydrogen-bond acceptors (Lipinski definition) is 3. The molecule has 4 rings (SSSR count). The molecule has 0 bridgehead atoms. The second kappa shape index (κ2) is 8.38. The minimum absolute atomic E-state index is 0.0638. The normalized spacial score (nSPS) is 28.3. The maximum atomic E-state index is 13.2. The van der Waals surface area contributed by atoms with Crippen LogP contribution in [-0.4, -0.2) is 76.9 Å². The Bertz CT molecular complexity index is 729. The molecule has 1 spiro atoms. The third-order valence-electron chi connectivity index (χ3n) is 7.19. The van der Waals surface area contributed by atoms with Gasteiger partial charge in [-0.25, -0.2) is 4.79 Å². The molecule has 2 aliphatic heterocycles. The Kier molecular flexibility index (Phi) is 5.99. The van der Waals surface area contributed by atoms with Crippen LogP contribution in [0, 0.1) is 5.41 Å². The molecule has 0 unspecified atom stereocenters. The van der Waals surface area contributed by atoms with Crippen molar-refractivity contribution >= 4 is 6.09 Å². The van der Waals surface area contributed by atoms with E-state index in [9.17, 15) is 23.1 Å². The molecule has 5 nitrogen and oxygen atoms in total. The van der Waals surface area contributed by atoms with Crippen molar-refractivity contribution in [3.63, 3.8) is 0 Å². The largest absolute Gasteiger partial charge is 0.465 e. The van der Waals surface area contributed by atoms with Gasteiger partial charge in [0.05, 0.1) is 6.54 Å². The van der Waals surface area contributed by atoms with Gasteiger partial charge in [-0.1, -0.05) is 30.3 Å². The molecule has 0 aromatic heterocycles. The summed E-state index contributed by atoms with van der Waals surface area (Å²) >= 11 is 0. The van der Waals surface area contributed by atoms with Crippen molar-refractivity contribution < 1.29 is 23.1 Å². The molecule has 1 aliphatic carbocycles. The summed E-state index contributed by atoms with van der Waals surface area (Å²) in [7, 11) is 0. The summed E-state index contributed by atoms with van der Waals surface area (Å²) in [6.45, 7) is 2.34. The number of rotatable bonds is 5. The number of alkyl halides is 3. The molecule has 0 atom stereocenters. The van der Waals surface area contributed by atoms with Gasteiger partial charge in [0.2, 0.25) is 0 Å². The quantitative estimate of drug-likeness (QED) is 0.773. The maximum Gasteiger partial charge on any atom is 0.407 e. The maximum absolute atomic E-state index is 13.2. The van der Waals surface area contributed by atoms with Crippen molar-refractivity contribution in [2.75, 3.05) is 32.7 Å². The van der Waals surface area contributed by atoms with Gasteiger partial charge in [0, 0.05) is 31.7 Å². The zero-order valence-corrected chi connectivity index (χ0v) is 17.2. The van der Waals surface area contributed by atoms with Crippen LogP contribution in [0.4, 0.5) is 18.0 Å². The number of carbonyl (C=O) groups is 1. The average molecular weight is 425 g/mol. The molecular formula is C22H30F3N3O2. The first-order chi connectivity index (χ1) is 14.2. The number of piperidine rings is 1.